The zero-order valence-corrected chi connectivity index (χ0v) is 17.2. The van der Waals surface area contributed by atoms with E-state index in [9.17, 15) is 27.5 Å². The molecule has 0 saturated carbocycles. The van der Waals surface area contributed by atoms with Crippen LogP contribution in [0.1, 0.15) is 16.8 Å². The first kappa shape index (κ1) is 22.8. The third-order valence-corrected chi connectivity index (χ3v) is 6.07. The minimum Gasteiger partial charge on any atom is -0.396 e. The molecule has 0 aliphatic carbocycles. The summed E-state index contributed by atoms with van der Waals surface area (Å²) in [6, 6.07) is 9.02. The maximum atomic E-state index is 13.0. The summed E-state index contributed by atoms with van der Waals surface area (Å²) in [4.78, 5) is 24.9. The fourth-order valence-corrected chi connectivity index (χ4v) is 3.98. The maximum Gasteiger partial charge on any atom is 0.251 e. The molecule has 11 heteroatoms. The third-order valence-electron chi connectivity index (χ3n) is 4.54. The lowest BCUT2D eigenvalue weighted by Gasteiger charge is -2.26. The minimum atomic E-state index is -3.70. The fraction of sp³-hybridized carbons (Fsp3) is 0.300. The first-order valence-corrected chi connectivity index (χ1v) is 10.9. The zero-order valence-electron chi connectivity index (χ0n) is 16.4. The Morgan fingerprint density at radius 3 is 2.29 bits per heavy atom. The van der Waals surface area contributed by atoms with Gasteiger partial charge < -0.3 is 20.5 Å². The second-order valence-corrected chi connectivity index (χ2v) is 8.63. The summed E-state index contributed by atoms with van der Waals surface area (Å²) in [7, 11) is -3.70. The second-order valence-electron chi connectivity index (χ2n) is 6.91. The lowest BCUT2D eigenvalue weighted by molar-refractivity contribution is -0.118. The molecule has 9 nitrogen and oxygen atoms in total. The summed E-state index contributed by atoms with van der Waals surface area (Å²) in [5.74, 6) is -1.69. The number of carbonyl (C=O) groups excluding carboxylic acids is 2. The molecule has 1 atom stereocenters. The van der Waals surface area contributed by atoms with Crippen LogP contribution in [0.5, 0.6) is 0 Å². The predicted octanol–water partition coefficient (Wildman–Crippen LogP) is 0.622. The van der Waals surface area contributed by atoms with Crippen LogP contribution in [0.3, 0.4) is 0 Å². The molecule has 31 heavy (non-hydrogen) atoms. The molecule has 0 unspecified atom stereocenters. The monoisotopic (exact) mass is 451 g/mol. The van der Waals surface area contributed by atoms with E-state index in [1.165, 1.54) is 36.4 Å². The van der Waals surface area contributed by atoms with Crippen molar-refractivity contribution in [2.24, 2.45) is 0 Å². The third kappa shape index (κ3) is 6.07. The van der Waals surface area contributed by atoms with Gasteiger partial charge in [-0.3, -0.25) is 9.59 Å². The van der Waals surface area contributed by atoms with Gasteiger partial charge in [-0.05, 0) is 55.0 Å². The molecule has 0 radical (unpaired) electrons. The van der Waals surface area contributed by atoms with E-state index >= 15 is 0 Å². The quantitative estimate of drug-likeness (QED) is 0.442. The van der Waals surface area contributed by atoms with Crippen LogP contribution >= 0.6 is 0 Å². The van der Waals surface area contributed by atoms with Crippen molar-refractivity contribution in [3.8, 4) is 0 Å². The van der Waals surface area contributed by atoms with E-state index in [0.717, 1.165) is 12.1 Å². The van der Waals surface area contributed by atoms with E-state index in [0.29, 0.717) is 18.9 Å². The van der Waals surface area contributed by atoms with Crippen molar-refractivity contribution in [3.63, 3.8) is 0 Å². The maximum absolute atomic E-state index is 13.0. The smallest absolute Gasteiger partial charge is 0.251 e. The van der Waals surface area contributed by atoms with Gasteiger partial charge in [-0.1, -0.05) is 0 Å². The lowest BCUT2D eigenvalue weighted by Crippen LogP contribution is -2.48. The van der Waals surface area contributed by atoms with Gasteiger partial charge >= 0.3 is 0 Å². The molecular weight excluding hydrogens is 429 g/mol. The van der Waals surface area contributed by atoms with Crippen LogP contribution in [0.25, 0.3) is 0 Å². The predicted molar refractivity (Wildman–Crippen MR) is 109 cm³/mol. The van der Waals surface area contributed by atoms with Crippen LogP contribution in [0, 0.1) is 5.82 Å². The molecule has 2 aromatic rings. The van der Waals surface area contributed by atoms with Gasteiger partial charge in [0.25, 0.3) is 5.91 Å². The van der Waals surface area contributed by atoms with Gasteiger partial charge in [0, 0.05) is 17.9 Å². The van der Waals surface area contributed by atoms with Gasteiger partial charge in [-0.15, -0.1) is 0 Å². The van der Waals surface area contributed by atoms with Gasteiger partial charge in [0.2, 0.25) is 15.9 Å². The number of ether oxygens (including phenoxy) is 1. The number of nitrogens with one attached hydrogen (secondary N) is 3. The topological polar surface area (TPSA) is 134 Å². The number of hydrogen-bond acceptors (Lipinski definition) is 6. The first-order valence-electron chi connectivity index (χ1n) is 9.47. The molecule has 1 fully saturated rings. The zero-order chi connectivity index (χ0) is 22.4. The molecular formula is C20H22FN3O6S. The van der Waals surface area contributed by atoms with Crippen LogP contribution < -0.4 is 15.4 Å². The van der Waals surface area contributed by atoms with Crippen molar-refractivity contribution in [3.05, 3.63) is 59.9 Å². The largest absolute Gasteiger partial charge is 0.396 e. The Hall–Kier alpha value is -2.86. The highest BCUT2D eigenvalue weighted by Gasteiger charge is 2.26. The number of sulfonamides is 1. The summed E-state index contributed by atoms with van der Waals surface area (Å²) in [5, 5.41) is 14.3. The molecule has 1 aliphatic rings. The van der Waals surface area contributed by atoms with E-state index < -0.39 is 33.7 Å². The van der Waals surface area contributed by atoms with Crippen LogP contribution in [0.4, 0.5) is 10.1 Å². The summed E-state index contributed by atoms with van der Waals surface area (Å²) >= 11 is 0. The van der Waals surface area contributed by atoms with Gasteiger partial charge in [0.05, 0.1) is 24.2 Å². The Kier molecular flexibility index (Phi) is 7.33. The summed E-state index contributed by atoms with van der Waals surface area (Å²) in [6.07, 6.45) is -0.0430. The molecule has 2 aromatic carbocycles. The van der Waals surface area contributed by atoms with Crippen LogP contribution in [-0.2, 0) is 19.6 Å². The van der Waals surface area contributed by atoms with E-state index in [2.05, 4.69) is 15.4 Å². The van der Waals surface area contributed by atoms with Crippen molar-refractivity contribution in [2.75, 3.05) is 25.1 Å². The fourth-order valence-electron chi connectivity index (χ4n) is 2.78. The van der Waals surface area contributed by atoms with Gasteiger partial charge in [-0.2, -0.15) is 0 Å². The minimum absolute atomic E-state index is 0.0360. The number of rotatable bonds is 9. The molecule has 166 valence electrons. The average molecular weight is 451 g/mol. The van der Waals surface area contributed by atoms with E-state index in [1.54, 1.807) is 0 Å². The normalized spacial score (nSPS) is 15.0. The van der Waals surface area contributed by atoms with Gasteiger partial charge in [-0.25, -0.2) is 17.5 Å². The van der Waals surface area contributed by atoms with E-state index in [-0.39, 0.29) is 29.5 Å². The highest BCUT2D eigenvalue weighted by atomic mass is 32.2. The molecule has 1 heterocycles. The molecule has 2 amide bonds. The Labute approximate surface area is 178 Å². The van der Waals surface area contributed by atoms with Crippen LogP contribution in [0.2, 0.25) is 0 Å². The Morgan fingerprint density at radius 1 is 1.10 bits per heavy atom. The standard InChI is InChI=1S/C20H22FN3O6S/c21-14-3-1-13(2-4-14)19(26)23-18(9-10-25)20(27)22-15-5-7-17(8-6-15)31(28,29)24-16-11-30-12-16/h1-8,16,18,24-25H,9-12H2,(H,22,27)(H,23,26)/t18-/m0/s1. The molecule has 0 bridgehead atoms. The Bertz CT molecular complexity index is 1020. The Morgan fingerprint density at radius 2 is 1.74 bits per heavy atom. The van der Waals surface area contributed by atoms with E-state index in [1.807, 2.05) is 0 Å². The molecule has 4 N–H and O–H groups in total. The van der Waals surface area contributed by atoms with Crippen molar-refractivity contribution >= 4 is 27.5 Å². The number of aliphatic hydroxyl groups is 1. The van der Waals surface area contributed by atoms with Crippen molar-refractivity contribution in [1.29, 1.82) is 0 Å². The number of benzene rings is 2. The summed E-state index contributed by atoms with van der Waals surface area (Å²) in [5.41, 5.74) is 0.478. The number of carbonyl (C=O) groups is 2. The van der Waals surface area contributed by atoms with Crippen molar-refractivity contribution in [1.82, 2.24) is 10.0 Å². The number of aliphatic hydroxyl groups excluding tert-OH is 1. The number of hydrogen-bond donors (Lipinski definition) is 4. The molecule has 0 aromatic heterocycles. The van der Waals surface area contributed by atoms with E-state index in [4.69, 9.17) is 4.74 Å². The van der Waals surface area contributed by atoms with Crippen LogP contribution in [0.15, 0.2) is 53.4 Å². The van der Waals surface area contributed by atoms with Crippen molar-refractivity contribution < 1.29 is 32.2 Å². The molecule has 1 aliphatic heterocycles. The van der Waals surface area contributed by atoms with Gasteiger partial charge in [0.15, 0.2) is 0 Å². The number of amides is 2. The van der Waals surface area contributed by atoms with Crippen LogP contribution in [-0.4, -0.2) is 57.2 Å². The Balaban J connectivity index is 1.63. The average Bonchev–Trinajstić information content (AvgIpc) is 2.71. The highest BCUT2D eigenvalue weighted by molar-refractivity contribution is 7.89. The SMILES string of the molecule is O=C(N[C@@H](CCO)C(=O)Nc1ccc(S(=O)(=O)NC2COC2)cc1)c1ccc(F)cc1. The summed E-state index contributed by atoms with van der Waals surface area (Å²) in [6.45, 7) is 0.294. The van der Waals surface area contributed by atoms with Crippen molar-refractivity contribution in [2.45, 2.75) is 23.4 Å². The number of anilines is 1. The molecule has 0 spiro atoms. The highest BCUT2D eigenvalue weighted by Crippen LogP contribution is 2.16. The summed E-state index contributed by atoms with van der Waals surface area (Å²) < 4.78 is 45.0. The van der Waals surface area contributed by atoms with Gasteiger partial charge in [0.1, 0.15) is 11.9 Å². The second kappa shape index (κ2) is 9.96. The molecule has 1 saturated heterocycles. The lowest BCUT2D eigenvalue weighted by atomic mass is 10.1. The number of halogens is 1. The molecule has 3 rings (SSSR count). The first-order chi connectivity index (χ1) is 14.8.